The van der Waals surface area contributed by atoms with Gasteiger partial charge in [-0.25, -0.2) is 0 Å². The molecule has 2 aromatic rings. The van der Waals surface area contributed by atoms with Gasteiger partial charge in [-0.3, -0.25) is 9.59 Å². The van der Waals surface area contributed by atoms with E-state index in [0.29, 0.717) is 16.5 Å². The molecule has 1 N–H and O–H groups in total. The normalized spacial score (nSPS) is 12.6. The topological polar surface area (TPSA) is 67.9 Å². The number of halogens is 1. The minimum Gasteiger partial charge on any atom is -0.493 e. The number of methoxy groups -OCH3 is 1. The summed E-state index contributed by atoms with van der Waals surface area (Å²) in [5.74, 6) is 0.447. The molecule has 0 aromatic heterocycles. The first kappa shape index (κ1) is 23.5. The second-order valence-corrected chi connectivity index (χ2v) is 7.45. The molecular weight excluding hydrogens is 404 g/mol. The molecule has 0 aliphatic heterocycles. The summed E-state index contributed by atoms with van der Waals surface area (Å²) in [6.45, 7) is 5.59. The lowest BCUT2D eigenvalue weighted by Crippen LogP contribution is -2.50. The van der Waals surface area contributed by atoms with E-state index in [4.69, 9.17) is 21.1 Å². The third-order valence-corrected chi connectivity index (χ3v) is 5.26. The maximum absolute atomic E-state index is 13.1. The Morgan fingerprint density at radius 1 is 1.07 bits per heavy atom. The lowest BCUT2D eigenvalue weighted by Gasteiger charge is -2.30. The van der Waals surface area contributed by atoms with Gasteiger partial charge < -0.3 is 19.7 Å². The molecule has 0 saturated carbocycles. The number of hydrogen-bond donors (Lipinski definition) is 1. The lowest BCUT2D eigenvalue weighted by molar-refractivity contribution is -0.142. The van der Waals surface area contributed by atoms with Crippen LogP contribution in [0.1, 0.15) is 32.8 Å². The molecule has 0 aliphatic carbocycles. The van der Waals surface area contributed by atoms with E-state index in [1.54, 1.807) is 31.2 Å². The van der Waals surface area contributed by atoms with Gasteiger partial charge in [-0.1, -0.05) is 48.9 Å². The highest BCUT2D eigenvalue weighted by Crippen LogP contribution is 2.26. The van der Waals surface area contributed by atoms with Crippen molar-refractivity contribution in [1.82, 2.24) is 10.2 Å². The molecule has 2 rings (SSSR count). The van der Waals surface area contributed by atoms with E-state index in [9.17, 15) is 9.59 Å². The summed E-state index contributed by atoms with van der Waals surface area (Å²) in [5, 5.41) is 3.47. The van der Waals surface area contributed by atoms with Gasteiger partial charge in [-0.2, -0.15) is 0 Å². The summed E-state index contributed by atoms with van der Waals surface area (Å²) in [6, 6.07) is 13.7. The average molecular weight is 433 g/mol. The number of benzene rings is 2. The van der Waals surface area contributed by atoms with Crippen LogP contribution in [0, 0.1) is 0 Å². The van der Waals surface area contributed by atoms with E-state index in [2.05, 4.69) is 5.32 Å². The Bertz CT molecular complexity index is 859. The molecule has 0 bridgehead atoms. The molecule has 30 heavy (non-hydrogen) atoms. The van der Waals surface area contributed by atoms with E-state index in [-0.39, 0.29) is 31.0 Å². The monoisotopic (exact) mass is 432 g/mol. The Morgan fingerprint density at radius 2 is 1.70 bits per heavy atom. The first-order valence-corrected chi connectivity index (χ1v) is 10.3. The number of rotatable bonds is 10. The molecular formula is C23H29ClN2O4. The number of nitrogens with zero attached hydrogens (tertiary/aromatic N) is 1. The van der Waals surface area contributed by atoms with Gasteiger partial charge in [0.15, 0.2) is 18.1 Å². The predicted octanol–water partition coefficient (Wildman–Crippen LogP) is 4.06. The van der Waals surface area contributed by atoms with E-state index in [0.717, 1.165) is 12.0 Å². The van der Waals surface area contributed by atoms with Crippen LogP contribution in [-0.4, -0.2) is 42.5 Å². The predicted molar refractivity (Wildman–Crippen MR) is 118 cm³/mol. The number of nitrogens with one attached hydrogen (secondary N) is 1. The summed E-state index contributed by atoms with van der Waals surface area (Å²) < 4.78 is 10.9. The molecule has 0 radical (unpaired) electrons. The molecule has 162 valence electrons. The van der Waals surface area contributed by atoms with Crippen LogP contribution in [0.4, 0.5) is 0 Å². The fourth-order valence-electron chi connectivity index (χ4n) is 2.82. The van der Waals surface area contributed by atoms with Gasteiger partial charge in [0.25, 0.3) is 5.91 Å². The van der Waals surface area contributed by atoms with Gasteiger partial charge in [0.2, 0.25) is 5.91 Å². The maximum Gasteiger partial charge on any atom is 0.261 e. The molecule has 6 nitrogen and oxygen atoms in total. The molecule has 2 amide bonds. The summed E-state index contributed by atoms with van der Waals surface area (Å²) in [6.07, 6.45) is 0.799. The minimum absolute atomic E-state index is 0.0158. The number of carbonyl (C=O) groups is 2. The van der Waals surface area contributed by atoms with Crippen LogP contribution in [0.5, 0.6) is 11.5 Å². The SMILES string of the molecule is CC[C@H](C)NC(=O)[C@H](C)N(Cc1ccccc1Cl)C(=O)COc1ccccc1OC. The van der Waals surface area contributed by atoms with Crippen molar-refractivity contribution < 1.29 is 19.1 Å². The highest BCUT2D eigenvalue weighted by atomic mass is 35.5. The highest BCUT2D eigenvalue weighted by Gasteiger charge is 2.27. The zero-order valence-corrected chi connectivity index (χ0v) is 18.6. The van der Waals surface area contributed by atoms with Crippen LogP contribution in [0.15, 0.2) is 48.5 Å². The Labute approximate surface area is 183 Å². The number of amides is 2. The van der Waals surface area contributed by atoms with Crippen molar-refractivity contribution in [2.24, 2.45) is 0 Å². The fraction of sp³-hybridized carbons (Fsp3) is 0.391. The van der Waals surface area contributed by atoms with Crippen LogP contribution in [0.2, 0.25) is 5.02 Å². The largest absolute Gasteiger partial charge is 0.493 e. The summed E-state index contributed by atoms with van der Waals surface area (Å²) >= 11 is 6.29. The van der Waals surface area contributed by atoms with Crippen LogP contribution in [-0.2, 0) is 16.1 Å². The molecule has 0 aliphatic rings. The van der Waals surface area contributed by atoms with Gasteiger partial charge in [-0.15, -0.1) is 0 Å². The summed E-state index contributed by atoms with van der Waals surface area (Å²) in [7, 11) is 1.54. The van der Waals surface area contributed by atoms with Crippen molar-refractivity contribution in [3.8, 4) is 11.5 Å². The number of carbonyl (C=O) groups excluding carboxylic acids is 2. The summed E-state index contributed by atoms with van der Waals surface area (Å²) in [4.78, 5) is 27.3. The van der Waals surface area contributed by atoms with Crippen LogP contribution < -0.4 is 14.8 Å². The Kier molecular flexibility index (Phi) is 8.99. The third-order valence-electron chi connectivity index (χ3n) is 4.89. The van der Waals surface area contributed by atoms with Crippen molar-refractivity contribution in [2.75, 3.05) is 13.7 Å². The van der Waals surface area contributed by atoms with Crippen molar-refractivity contribution in [2.45, 2.75) is 45.8 Å². The third kappa shape index (κ3) is 6.39. The second-order valence-electron chi connectivity index (χ2n) is 7.05. The van der Waals surface area contributed by atoms with Gasteiger partial charge in [0.1, 0.15) is 6.04 Å². The van der Waals surface area contributed by atoms with Crippen LogP contribution >= 0.6 is 11.6 Å². The van der Waals surface area contributed by atoms with E-state index < -0.39 is 6.04 Å². The van der Waals surface area contributed by atoms with Gasteiger partial charge in [0, 0.05) is 17.6 Å². The zero-order chi connectivity index (χ0) is 22.1. The summed E-state index contributed by atoms with van der Waals surface area (Å²) in [5.41, 5.74) is 0.757. The number of ether oxygens (including phenoxy) is 2. The standard InChI is InChI=1S/C23H29ClN2O4/c1-5-16(2)25-23(28)17(3)26(14-18-10-6-7-11-19(18)24)22(27)15-30-21-13-9-8-12-20(21)29-4/h6-13,16-17H,5,14-15H2,1-4H3,(H,25,28)/t16-,17-/m0/s1. The van der Waals surface area contributed by atoms with Crippen molar-refractivity contribution in [3.63, 3.8) is 0 Å². The van der Waals surface area contributed by atoms with E-state index >= 15 is 0 Å². The molecule has 0 spiro atoms. The number of para-hydroxylation sites is 2. The van der Waals surface area contributed by atoms with Crippen LogP contribution in [0.3, 0.4) is 0 Å². The Hall–Kier alpha value is -2.73. The molecule has 7 heteroatoms. The first-order valence-electron chi connectivity index (χ1n) is 9.96. The van der Waals surface area contributed by atoms with E-state index in [1.165, 1.54) is 12.0 Å². The number of hydrogen-bond acceptors (Lipinski definition) is 4. The first-order chi connectivity index (χ1) is 14.4. The molecule has 0 fully saturated rings. The maximum atomic E-state index is 13.1. The smallest absolute Gasteiger partial charge is 0.261 e. The fourth-order valence-corrected chi connectivity index (χ4v) is 3.01. The Balaban J connectivity index is 2.19. The minimum atomic E-state index is -0.691. The molecule has 2 atom stereocenters. The molecule has 2 aromatic carbocycles. The van der Waals surface area contributed by atoms with E-state index in [1.807, 2.05) is 38.1 Å². The molecule has 0 heterocycles. The Morgan fingerprint density at radius 3 is 2.33 bits per heavy atom. The lowest BCUT2D eigenvalue weighted by atomic mass is 10.1. The van der Waals surface area contributed by atoms with Crippen molar-refractivity contribution in [3.05, 3.63) is 59.1 Å². The quantitative estimate of drug-likeness (QED) is 0.614. The average Bonchev–Trinajstić information content (AvgIpc) is 2.76. The molecule has 0 unspecified atom stereocenters. The van der Waals surface area contributed by atoms with Gasteiger partial charge in [0.05, 0.1) is 7.11 Å². The second kappa shape index (κ2) is 11.5. The van der Waals surface area contributed by atoms with Gasteiger partial charge in [-0.05, 0) is 44.0 Å². The highest BCUT2D eigenvalue weighted by molar-refractivity contribution is 6.31. The van der Waals surface area contributed by atoms with Crippen LogP contribution in [0.25, 0.3) is 0 Å². The van der Waals surface area contributed by atoms with Gasteiger partial charge >= 0.3 is 0 Å². The van der Waals surface area contributed by atoms with Crippen molar-refractivity contribution >= 4 is 23.4 Å². The van der Waals surface area contributed by atoms with Crippen molar-refractivity contribution in [1.29, 1.82) is 0 Å². The zero-order valence-electron chi connectivity index (χ0n) is 17.9. The molecule has 0 saturated heterocycles.